The molecule has 13 heavy (non-hydrogen) atoms. The van der Waals surface area contributed by atoms with Crippen molar-refractivity contribution in [3.05, 3.63) is 17.0 Å². The van der Waals surface area contributed by atoms with Crippen molar-refractivity contribution in [1.29, 1.82) is 0 Å². The van der Waals surface area contributed by atoms with Crippen molar-refractivity contribution in [2.24, 2.45) is 0 Å². The first kappa shape index (κ1) is 10.1. The molecular weight excluding hydrogens is 194 g/mol. The van der Waals surface area contributed by atoms with Crippen LogP contribution in [0.2, 0.25) is 0 Å². The van der Waals surface area contributed by atoms with E-state index in [4.69, 9.17) is 20.9 Å². The van der Waals surface area contributed by atoms with Crippen LogP contribution in [0.15, 0.2) is 4.52 Å². The number of rotatable bonds is 3. The van der Waals surface area contributed by atoms with Crippen molar-refractivity contribution in [1.82, 2.24) is 5.16 Å². The molecule has 1 rings (SSSR count). The Hall–Kier alpha value is -1.03. The zero-order valence-electron chi connectivity index (χ0n) is 7.46. The van der Waals surface area contributed by atoms with Crippen LogP contribution in [-0.2, 0) is 10.6 Å². The SMILES string of the molecule is CCOC(=O)c1c(CCl)noc1C. The minimum absolute atomic E-state index is 0.144. The number of halogens is 1. The molecule has 1 aromatic rings. The average Bonchev–Trinajstić information content (AvgIpc) is 2.47. The summed E-state index contributed by atoms with van der Waals surface area (Å²) in [5.74, 6) is 0.150. The normalized spacial score (nSPS) is 10.1. The Morgan fingerprint density at radius 2 is 2.38 bits per heavy atom. The molecule has 4 nitrogen and oxygen atoms in total. The Balaban J connectivity index is 2.96. The topological polar surface area (TPSA) is 52.3 Å². The fraction of sp³-hybridized carbons (Fsp3) is 0.500. The van der Waals surface area contributed by atoms with Gasteiger partial charge in [-0.2, -0.15) is 0 Å². The Morgan fingerprint density at radius 3 is 2.92 bits per heavy atom. The van der Waals surface area contributed by atoms with Gasteiger partial charge in [-0.15, -0.1) is 11.6 Å². The predicted octanol–water partition coefficient (Wildman–Crippen LogP) is 1.90. The van der Waals surface area contributed by atoms with Crippen LogP contribution in [0.25, 0.3) is 0 Å². The molecule has 0 bridgehead atoms. The summed E-state index contributed by atoms with van der Waals surface area (Å²) in [6.07, 6.45) is 0. The van der Waals surface area contributed by atoms with E-state index in [2.05, 4.69) is 5.16 Å². The first-order chi connectivity index (χ1) is 6.20. The molecule has 0 spiro atoms. The Labute approximate surface area is 80.8 Å². The quantitative estimate of drug-likeness (QED) is 0.556. The van der Waals surface area contributed by atoms with Gasteiger partial charge in [0.15, 0.2) is 0 Å². The van der Waals surface area contributed by atoms with E-state index in [1.54, 1.807) is 13.8 Å². The van der Waals surface area contributed by atoms with E-state index in [9.17, 15) is 4.79 Å². The minimum atomic E-state index is -0.433. The van der Waals surface area contributed by atoms with Crippen LogP contribution in [-0.4, -0.2) is 17.7 Å². The van der Waals surface area contributed by atoms with Crippen molar-refractivity contribution in [3.8, 4) is 0 Å². The van der Waals surface area contributed by atoms with E-state index >= 15 is 0 Å². The summed E-state index contributed by atoms with van der Waals surface area (Å²) >= 11 is 5.56. The zero-order valence-corrected chi connectivity index (χ0v) is 8.22. The summed E-state index contributed by atoms with van der Waals surface area (Å²) in [5.41, 5.74) is 0.773. The van der Waals surface area contributed by atoms with Crippen molar-refractivity contribution < 1.29 is 14.1 Å². The van der Waals surface area contributed by atoms with Gasteiger partial charge in [-0.25, -0.2) is 4.79 Å². The molecule has 0 amide bonds. The van der Waals surface area contributed by atoms with E-state index in [1.165, 1.54) is 0 Å². The minimum Gasteiger partial charge on any atom is -0.462 e. The molecule has 5 heteroatoms. The number of aromatic nitrogens is 1. The molecule has 0 atom stereocenters. The highest BCUT2D eigenvalue weighted by Crippen LogP contribution is 2.16. The highest BCUT2D eigenvalue weighted by molar-refractivity contribution is 6.17. The van der Waals surface area contributed by atoms with E-state index in [0.717, 1.165) is 0 Å². The maximum Gasteiger partial charge on any atom is 0.343 e. The van der Waals surface area contributed by atoms with Gasteiger partial charge in [0.25, 0.3) is 0 Å². The number of nitrogens with zero attached hydrogens (tertiary/aromatic N) is 1. The molecular formula is C8H10ClNO3. The molecule has 0 radical (unpaired) electrons. The average molecular weight is 204 g/mol. The Kier molecular flexibility index (Phi) is 3.31. The van der Waals surface area contributed by atoms with Crippen molar-refractivity contribution in [2.45, 2.75) is 19.7 Å². The van der Waals surface area contributed by atoms with Crippen LogP contribution in [0.4, 0.5) is 0 Å². The molecule has 0 aliphatic carbocycles. The molecule has 0 saturated heterocycles. The van der Waals surface area contributed by atoms with Crippen LogP contribution in [0, 0.1) is 6.92 Å². The molecule has 0 unspecified atom stereocenters. The lowest BCUT2D eigenvalue weighted by molar-refractivity contribution is 0.0523. The van der Waals surface area contributed by atoms with Gasteiger partial charge in [-0.05, 0) is 13.8 Å². The molecule has 0 aliphatic rings. The van der Waals surface area contributed by atoms with Gasteiger partial charge in [0.05, 0.1) is 12.5 Å². The molecule has 72 valence electrons. The van der Waals surface area contributed by atoms with Gasteiger partial charge in [0.1, 0.15) is 17.0 Å². The zero-order chi connectivity index (χ0) is 9.84. The van der Waals surface area contributed by atoms with Crippen LogP contribution >= 0.6 is 11.6 Å². The standard InChI is InChI=1S/C8H10ClNO3/c1-3-12-8(11)7-5(2)13-10-6(7)4-9/h3-4H2,1-2H3. The molecule has 0 aromatic carbocycles. The number of alkyl halides is 1. The van der Waals surface area contributed by atoms with Gasteiger partial charge in [0, 0.05) is 0 Å². The maximum atomic E-state index is 11.3. The summed E-state index contributed by atoms with van der Waals surface area (Å²) in [7, 11) is 0. The second kappa shape index (κ2) is 4.28. The van der Waals surface area contributed by atoms with Gasteiger partial charge < -0.3 is 9.26 Å². The third-order valence-electron chi connectivity index (χ3n) is 1.54. The molecule has 0 aliphatic heterocycles. The van der Waals surface area contributed by atoms with E-state index in [-0.39, 0.29) is 5.88 Å². The number of hydrogen-bond donors (Lipinski definition) is 0. The smallest absolute Gasteiger partial charge is 0.343 e. The second-order valence-electron chi connectivity index (χ2n) is 2.41. The third kappa shape index (κ3) is 2.01. The van der Waals surface area contributed by atoms with Crippen LogP contribution < -0.4 is 0 Å². The molecule has 0 fully saturated rings. The number of aryl methyl sites for hydroxylation is 1. The van der Waals surface area contributed by atoms with Crippen molar-refractivity contribution in [2.75, 3.05) is 6.61 Å². The van der Waals surface area contributed by atoms with E-state index in [0.29, 0.717) is 23.6 Å². The summed E-state index contributed by atoms with van der Waals surface area (Å²) in [5, 5.41) is 3.63. The molecule has 1 aromatic heterocycles. The lowest BCUT2D eigenvalue weighted by Gasteiger charge is -1.99. The second-order valence-corrected chi connectivity index (χ2v) is 2.68. The lowest BCUT2D eigenvalue weighted by Crippen LogP contribution is -2.07. The first-order valence-corrected chi connectivity index (χ1v) is 4.42. The van der Waals surface area contributed by atoms with Gasteiger partial charge in [-0.1, -0.05) is 5.16 Å². The number of esters is 1. The lowest BCUT2D eigenvalue weighted by atomic mass is 10.2. The molecule has 0 N–H and O–H groups in total. The third-order valence-corrected chi connectivity index (χ3v) is 1.79. The predicted molar refractivity (Wildman–Crippen MR) is 46.8 cm³/mol. The number of ether oxygens (including phenoxy) is 1. The highest BCUT2D eigenvalue weighted by Gasteiger charge is 2.20. The fourth-order valence-corrected chi connectivity index (χ4v) is 1.16. The van der Waals surface area contributed by atoms with Crippen LogP contribution in [0.5, 0.6) is 0 Å². The fourth-order valence-electron chi connectivity index (χ4n) is 0.974. The van der Waals surface area contributed by atoms with Crippen LogP contribution in [0.1, 0.15) is 28.7 Å². The largest absolute Gasteiger partial charge is 0.462 e. The van der Waals surface area contributed by atoms with Crippen molar-refractivity contribution in [3.63, 3.8) is 0 Å². The van der Waals surface area contributed by atoms with E-state index in [1.807, 2.05) is 0 Å². The van der Waals surface area contributed by atoms with Crippen molar-refractivity contribution >= 4 is 17.6 Å². The number of carbonyl (C=O) groups is 1. The van der Waals surface area contributed by atoms with E-state index < -0.39 is 5.97 Å². The number of carbonyl (C=O) groups excluding carboxylic acids is 1. The van der Waals surface area contributed by atoms with Gasteiger partial charge in [-0.3, -0.25) is 0 Å². The summed E-state index contributed by atoms with van der Waals surface area (Å²) in [4.78, 5) is 11.3. The van der Waals surface area contributed by atoms with Crippen LogP contribution in [0.3, 0.4) is 0 Å². The van der Waals surface area contributed by atoms with Gasteiger partial charge in [0.2, 0.25) is 0 Å². The first-order valence-electron chi connectivity index (χ1n) is 3.89. The highest BCUT2D eigenvalue weighted by atomic mass is 35.5. The maximum absolute atomic E-state index is 11.3. The summed E-state index contributed by atoms with van der Waals surface area (Å²) in [6, 6.07) is 0. The van der Waals surface area contributed by atoms with Gasteiger partial charge >= 0.3 is 5.97 Å². The summed E-state index contributed by atoms with van der Waals surface area (Å²) < 4.78 is 9.63. The monoisotopic (exact) mass is 203 g/mol. The number of hydrogen-bond acceptors (Lipinski definition) is 4. The summed E-state index contributed by atoms with van der Waals surface area (Å²) in [6.45, 7) is 3.71. The molecule has 1 heterocycles. The molecule has 0 saturated carbocycles. The Morgan fingerprint density at radius 1 is 1.69 bits per heavy atom. The Bertz CT molecular complexity index is 308.